The van der Waals surface area contributed by atoms with Crippen LogP contribution in [0, 0.1) is 6.92 Å². The zero-order chi connectivity index (χ0) is 17.4. The molecule has 0 heterocycles. The van der Waals surface area contributed by atoms with Gasteiger partial charge in [-0.05, 0) is 31.2 Å². The minimum atomic E-state index is 0.0271. The van der Waals surface area contributed by atoms with Crippen LogP contribution in [0.5, 0.6) is 5.75 Å². The highest BCUT2D eigenvalue weighted by atomic mass is 35.5. The molecule has 0 aliphatic carbocycles. The minimum absolute atomic E-state index is 0.0271. The molecule has 0 saturated heterocycles. The maximum absolute atomic E-state index is 11.9. The summed E-state index contributed by atoms with van der Waals surface area (Å²) < 4.78 is 5.54. The number of hydrogen-bond acceptors (Lipinski definition) is 2. The molecule has 0 bridgehead atoms. The zero-order valence-electron chi connectivity index (χ0n) is 14.1. The lowest BCUT2D eigenvalue weighted by Crippen LogP contribution is -3.08. The minimum Gasteiger partial charge on any atom is -0.492 e. The number of hydrogen-bond donors (Lipinski definition) is 2. The molecule has 1 amide bonds. The summed E-state index contributed by atoms with van der Waals surface area (Å²) in [4.78, 5) is 13.1. The van der Waals surface area contributed by atoms with Crippen molar-refractivity contribution < 1.29 is 14.4 Å². The van der Waals surface area contributed by atoms with Gasteiger partial charge in [-0.25, -0.2) is 0 Å². The molecule has 4 nitrogen and oxygen atoms in total. The number of quaternary nitrogens is 1. The summed E-state index contributed by atoms with van der Waals surface area (Å²) in [5.74, 6) is 0.773. The largest absolute Gasteiger partial charge is 0.492 e. The van der Waals surface area contributed by atoms with Crippen molar-refractivity contribution in [2.75, 3.05) is 26.7 Å². The van der Waals surface area contributed by atoms with Crippen LogP contribution in [0.4, 0.5) is 0 Å². The Balaban J connectivity index is 1.63. The van der Waals surface area contributed by atoms with E-state index in [1.807, 2.05) is 19.2 Å². The first kappa shape index (κ1) is 18.3. The van der Waals surface area contributed by atoms with Gasteiger partial charge in [0.15, 0.2) is 6.54 Å². The highest BCUT2D eigenvalue weighted by molar-refractivity contribution is 6.30. The zero-order valence-corrected chi connectivity index (χ0v) is 14.9. The van der Waals surface area contributed by atoms with Gasteiger partial charge in [0.25, 0.3) is 5.91 Å². The molecular weight excluding hydrogens is 324 g/mol. The Hall–Kier alpha value is -2.04. The monoisotopic (exact) mass is 347 g/mol. The van der Waals surface area contributed by atoms with Crippen molar-refractivity contribution in [1.29, 1.82) is 0 Å². The van der Waals surface area contributed by atoms with Crippen molar-refractivity contribution >= 4 is 17.5 Å². The predicted molar refractivity (Wildman–Crippen MR) is 96.6 cm³/mol. The molecule has 2 rings (SSSR count). The molecule has 2 N–H and O–H groups in total. The average Bonchev–Trinajstić information content (AvgIpc) is 2.55. The summed E-state index contributed by atoms with van der Waals surface area (Å²) in [6.07, 6.45) is 0. The third-order valence-corrected chi connectivity index (χ3v) is 3.85. The second kappa shape index (κ2) is 9.30. The first-order chi connectivity index (χ1) is 11.5. The Bertz CT molecular complexity index is 641. The van der Waals surface area contributed by atoms with E-state index in [9.17, 15) is 4.79 Å². The number of carbonyl (C=O) groups is 1. The third kappa shape index (κ3) is 6.60. The Morgan fingerprint density at radius 2 is 1.79 bits per heavy atom. The molecule has 24 heavy (non-hydrogen) atoms. The highest BCUT2D eigenvalue weighted by Crippen LogP contribution is 2.15. The van der Waals surface area contributed by atoms with Crippen LogP contribution in [0.1, 0.15) is 11.1 Å². The molecule has 2 aromatic rings. The summed E-state index contributed by atoms with van der Waals surface area (Å²) >= 11 is 5.81. The third-order valence-electron chi connectivity index (χ3n) is 3.60. The Morgan fingerprint density at radius 3 is 2.46 bits per heavy atom. The van der Waals surface area contributed by atoms with Crippen LogP contribution in [-0.2, 0) is 11.3 Å². The smallest absolute Gasteiger partial charge is 0.275 e. The number of rotatable bonds is 8. The lowest BCUT2D eigenvalue weighted by Gasteiger charge is -2.14. The van der Waals surface area contributed by atoms with Crippen molar-refractivity contribution in [3.05, 3.63) is 64.7 Å². The number of aryl methyl sites for hydroxylation is 1. The molecule has 0 saturated carbocycles. The first-order valence-electron chi connectivity index (χ1n) is 8.05. The topological polar surface area (TPSA) is 42.8 Å². The molecule has 0 radical (unpaired) electrons. The van der Waals surface area contributed by atoms with Gasteiger partial charge in [0.05, 0.1) is 13.6 Å². The first-order valence-corrected chi connectivity index (χ1v) is 8.42. The van der Waals surface area contributed by atoms with Crippen LogP contribution in [0.25, 0.3) is 0 Å². The van der Waals surface area contributed by atoms with Crippen LogP contribution >= 0.6 is 11.6 Å². The van der Waals surface area contributed by atoms with E-state index in [0.717, 1.165) is 17.2 Å². The standard InChI is InChI=1S/C19H23ClN2O2/c1-15-3-5-16(6-4-15)13-22(2)14-19(23)21-11-12-24-18-9-7-17(20)8-10-18/h3-10H,11-14H2,1-2H3,(H,21,23)/p+1. The molecule has 0 aromatic heterocycles. The Morgan fingerprint density at radius 1 is 1.12 bits per heavy atom. The van der Waals surface area contributed by atoms with E-state index < -0.39 is 0 Å². The SMILES string of the molecule is Cc1ccc(C[NH+](C)CC(=O)NCCOc2ccc(Cl)cc2)cc1. The lowest BCUT2D eigenvalue weighted by molar-refractivity contribution is -0.885. The molecule has 0 spiro atoms. The van der Waals surface area contributed by atoms with Crippen LogP contribution < -0.4 is 15.0 Å². The van der Waals surface area contributed by atoms with Gasteiger partial charge in [0, 0.05) is 10.6 Å². The van der Waals surface area contributed by atoms with E-state index >= 15 is 0 Å². The van der Waals surface area contributed by atoms with Crippen LogP contribution in [-0.4, -0.2) is 32.7 Å². The molecule has 1 unspecified atom stereocenters. The van der Waals surface area contributed by atoms with E-state index in [1.165, 1.54) is 11.1 Å². The van der Waals surface area contributed by atoms with Crippen molar-refractivity contribution in [3.8, 4) is 5.75 Å². The van der Waals surface area contributed by atoms with Gasteiger partial charge in [-0.15, -0.1) is 0 Å². The molecular formula is C19H24ClN2O2+. The second-order valence-electron chi connectivity index (χ2n) is 5.95. The number of carbonyl (C=O) groups excluding carboxylic acids is 1. The number of halogens is 1. The van der Waals surface area contributed by atoms with Gasteiger partial charge in [-0.3, -0.25) is 4.79 Å². The maximum atomic E-state index is 11.9. The normalized spacial score (nSPS) is 11.8. The quantitative estimate of drug-likeness (QED) is 0.716. The van der Waals surface area contributed by atoms with Gasteiger partial charge in [-0.2, -0.15) is 0 Å². The molecule has 1 atom stereocenters. The molecule has 0 aliphatic rings. The fraction of sp³-hybridized carbons (Fsp3) is 0.316. The number of ether oxygens (including phenoxy) is 1. The Labute approximate surface area is 148 Å². The summed E-state index contributed by atoms with van der Waals surface area (Å²) in [7, 11) is 2.02. The van der Waals surface area contributed by atoms with Gasteiger partial charge < -0.3 is 15.0 Å². The van der Waals surface area contributed by atoms with Gasteiger partial charge in [0.2, 0.25) is 0 Å². The number of amides is 1. The molecule has 5 heteroatoms. The highest BCUT2D eigenvalue weighted by Gasteiger charge is 2.10. The average molecular weight is 348 g/mol. The predicted octanol–water partition coefficient (Wildman–Crippen LogP) is 1.86. The molecule has 0 fully saturated rings. The van der Waals surface area contributed by atoms with Crippen molar-refractivity contribution in [3.63, 3.8) is 0 Å². The second-order valence-corrected chi connectivity index (χ2v) is 6.39. The van der Waals surface area contributed by atoms with Crippen LogP contribution in [0.15, 0.2) is 48.5 Å². The Kier molecular flexibility index (Phi) is 7.09. The van der Waals surface area contributed by atoms with Crippen molar-refractivity contribution in [1.82, 2.24) is 5.32 Å². The van der Waals surface area contributed by atoms with E-state index in [2.05, 4.69) is 36.5 Å². The fourth-order valence-electron chi connectivity index (χ4n) is 2.34. The number of likely N-dealkylation sites (N-methyl/N-ethyl adjacent to an activating group) is 1. The number of nitrogens with one attached hydrogen (secondary N) is 2. The summed E-state index contributed by atoms with van der Waals surface area (Å²) in [5, 5.41) is 3.56. The molecule has 0 aliphatic heterocycles. The van der Waals surface area contributed by atoms with Gasteiger partial charge in [-0.1, -0.05) is 41.4 Å². The van der Waals surface area contributed by atoms with Gasteiger partial charge >= 0.3 is 0 Å². The molecule has 2 aromatic carbocycles. The van der Waals surface area contributed by atoms with Crippen molar-refractivity contribution in [2.24, 2.45) is 0 Å². The summed E-state index contributed by atoms with van der Waals surface area (Å²) in [6, 6.07) is 15.6. The summed E-state index contributed by atoms with van der Waals surface area (Å²) in [5.41, 5.74) is 2.48. The van der Waals surface area contributed by atoms with Crippen molar-refractivity contribution in [2.45, 2.75) is 13.5 Å². The maximum Gasteiger partial charge on any atom is 0.275 e. The van der Waals surface area contributed by atoms with Gasteiger partial charge in [0.1, 0.15) is 18.9 Å². The van der Waals surface area contributed by atoms with E-state index in [-0.39, 0.29) is 5.91 Å². The van der Waals surface area contributed by atoms with Crippen LogP contribution in [0.2, 0.25) is 5.02 Å². The van der Waals surface area contributed by atoms with E-state index in [0.29, 0.717) is 24.7 Å². The van der Waals surface area contributed by atoms with Crippen LogP contribution in [0.3, 0.4) is 0 Å². The fourth-order valence-corrected chi connectivity index (χ4v) is 2.47. The summed E-state index contributed by atoms with van der Waals surface area (Å²) in [6.45, 7) is 4.26. The van der Waals surface area contributed by atoms with E-state index in [4.69, 9.17) is 16.3 Å². The van der Waals surface area contributed by atoms with E-state index in [1.54, 1.807) is 12.1 Å². The molecule has 128 valence electrons. The lowest BCUT2D eigenvalue weighted by atomic mass is 10.1. The number of benzene rings is 2.